The van der Waals surface area contributed by atoms with Gasteiger partial charge in [-0.2, -0.15) is 0 Å². The molecule has 134 valence electrons. The molecule has 26 heavy (non-hydrogen) atoms. The number of nitrogens with zero attached hydrogens (tertiary/aromatic N) is 3. The van der Waals surface area contributed by atoms with Gasteiger partial charge in [-0.15, -0.1) is 10.2 Å². The molecule has 6 heteroatoms. The van der Waals surface area contributed by atoms with Crippen LogP contribution in [-0.2, 0) is 4.79 Å². The van der Waals surface area contributed by atoms with Gasteiger partial charge in [0.15, 0.2) is 0 Å². The van der Waals surface area contributed by atoms with Gasteiger partial charge in [0, 0.05) is 18.7 Å². The molecule has 1 fully saturated rings. The molecule has 2 aromatic carbocycles. The average molecular weight is 367 g/mol. The number of hydrogen-bond donors (Lipinski definition) is 0. The van der Waals surface area contributed by atoms with E-state index in [0.717, 1.165) is 42.3 Å². The van der Waals surface area contributed by atoms with E-state index < -0.39 is 0 Å². The molecule has 1 saturated heterocycles. The molecule has 0 unspecified atom stereocenters. The lowest BCUT2D eigenvalue weighted by Gasteiger charge is -2.19. The predicted octanol–water partition coefficient (Wildman–Crippen LogP) is 4.38. The second-order valence-corrected chi connectivity index (χ2v) is 7.41. The fourth-order valence-electron chi connectivity index (χ4n) is 3.32. The van der Waals surface area contributed by atoms with Crippen LogP contribution >= 0.6 is 11.8 Å². The molecule has 4 rings (SSSR count). The van der Waals surface area contributed by atoms with E-state index in [1.165, 1.54) is 24.6 Å². The van der Waals surface area contributed by atoms with Crippen LogP contribution in [0.4, 0.5) is 0 Å². The number of aromatic nitrogens is 2. The third-order valence-electron chi connectivity index (χ3n) is 4.70. The normalized spacial score (nSPS) is 15.2. The molecular weight excluding hydrogens is 346 g/mol. The Morgan fingerprint density at radius 1 is 1.00 bits per heavy atom. The number of carbonyl (C=O) groups excluding carboxylic acids is 1. The number of likely N-dealkylation sites (tertiary alicyclic amines) is 1. The SMILES string of the molecule is O=C(CSc1nnc(-c2cccc3ccccc23)o1)N1CCCCCC1. The third kappa shape index (κ3) is 3.75. The molecule has 0 atom stereocenters. The zero-order chi connectivity index (χ0) is 17.8. The van der Waals surface area contributed by atoms with Crippen LogP contribution in [0, 0.1) is 0 Å². The van der Waals surface area contributed by atoms with Gasteiger partial charge >= 0.3 is 0 Å². The lowest BCUT2D eigenvalue weighted by Crippen LogP contribution is -2.33. The summed E-state index contributed by atoms with van der Waals surface area (Å²) in [5.41, 5.74) is 0.918. The maximum Gasteiger partial charge on any atom is 0.277 e. The van der Waals surface area contributed by atoms with Crippen molar-refractivity contribution in [3.05, 3.63) is 42.5 Å². The maximum atomic E-state index is 12.4. The second kappa shape index (κ2) is 7.91. The number of amides is 1. The third-order valence-corrected chi connectivity index (χ3v) is 5.51. The molecule has 0 N–H and O–H groups in total. The van der Waals surface area contributed by atoms with Crippen molar-refractivity contribution in [3.63, 3.8) is 0 Å². The molecule has 2 heterocycles. The van der Waals surface area contributed by atoms with Crippen molar-refractivity contribution < 1.29 is 9.21 Å². The van der Waals surface area contributed by atoms with Gasteiger partial charge in [0.1, 0.15) is 0 Å². The average Bonchev–Trinajstić information content (AvgIpc) is 2.98. The lowest BCUT2D eigenvalue weighted by atomic mass is 10.0. The molecule has 0 saturated carbocycles. The molecule has 0 bridgehead atoms. The second-order valence-electron chi connectivity index (χ2n) is 6.48. The molecule has 1 aromatic heterocycles. The number of thioether (sulfide) groups is 1. The first kappa shape index (κ1) is 17.1. The van der Waals surface area contributed by atoms with E-state index in [4.69, 9.17) is 4.42 Å². The Labute approximate surface area is 156 Å². The Morgan fingerprint density at radius 2 is 1.77 bits per heavy atom. The Bertz CT molecular complexity index is 895. The zero-order valence-electron chi connectivity index (χ0n) is 14.6. The first-order chi connectivity index (χ1) is 12.8. The van der Waals surface area contributed by atoms with E-state index in [1.807, 2.05) is 35.2 Å². The molecule has 0 spiro atoms. The standard InChI is InChI=1S/C20H21N3O2S/c24-18(23-12-5-1-2-6-13-23)14-26-20-22-21-19(25-20)17-11-7-9-15-8-3-4-10-16(15)17/h3-4,7-11H,1-2,5-6,12-14H2. The van der Waals surface area contributed by atoms with Crippen molar-refractivity contribution in [2.24, 2.45) is 0 Å². The van der Waals surface area contributed by atoms with E-state index >= 15 is 0 Å². The van der Waals surface area contributed by atoms with Gasteiger partial charge < -0.3 is 9.32 Å². The number of carbonyl (C=O) groups is 1. The summed E-state index contributed by atoms with van der Waals surface area (Å²) in [6.07, 6.45) is 4.63. The number of rotatable bonds is 4. The highest BCUT2D eigenvalue weighted by molar-refractivity contribution is 7.99. The van der Waals surface area contributed by atoms with Gasteiger partial charge in [-0.3, -0.25) is 4.79 Å². The maximum absolute atomic E-state index is 12.4. The van der Waals surface area contributed by atoms with Crippen molar-refractivity contribution in [2.75, 3.05) is 18.8 Å². The summed E-state index contributed by atoms with van der Waals surface area (Å²) in [5.74, 6) is 0.991. The Balaban J connectivity index is 1.45. The minimum Gasteiger partial charge on any atom is -0.411 e. The van der Waals surface area contributed by atoms with Crippen LogP contribution in [-0.4, -0.2) is 39.8 Å². The number of benzene rings is 2. The largest absolute Gasteiger partial charge is 0.411 e. The van der Waals surface area contributed by atoms with E-state index in [0.29, 0.717) is 16.9 Å². The van der Waals surface area contributed by atoms with Crippen molar-refractivity contribution >= 4 is 28.4 Å². The first-order valence-electron chi connectivity index (χ1n) is 9.03. The monoisotopic (exact) mass is 367 g/mol. The van der Waals surface area contributed by atoms with Crippen molar-refractivity contribution in [3.8, 4) is 11.5 Å². The van der Waals surface area contributed by atoms with Crippen molar-refractivity contribution in [1.82, 2.24) is 15.1 Å². The van der Waals surface area contributed by atoms with Crippen LogP contribution in [0.1, 0.15) is 25.7 Å². The van der Waals surface area contributed by atoms with Crippen LogP contribution in [0.2, 0.25) is 0 Å². The number of hydrogen-bond acceptors (Lipinski definition) is 5. The Kier molecular flexibility index (Phi) is 5.20. The highest BCUT2D eigenvalue weighted by Gasteiger charge is 2.18. The van der Waals surface area contributed by atoms with Crippen LogP contribution < -0.4 is 0 Å². The van der Waals surface area contributed by atoms with Crippen LogP contribution in [0.25, 0.3) is 22.2 Å². The zero-order valence-corrected chi connectivity index (χ0v) is 15.4. The minimum absolute atomic E-state index is 0.154. The molecule has 1 aliphatic rings. The van der Waals surface area contributed by atoms with Gasteiger partial charge in [-0.25, -0.2) is 0 Å². The quantitative estimate of drug-likeness (QED) is 0.640. The van der Waals surface area contributed by atoms with Gasteiger partial charge in [0.2, 0.25) is 11.8 Å². The van der Waals surface area contributed by atoms with Crippen molar-refractivity contribution in [1.29, 1.82) is 0 Å². The Hall–Kier alpha value is -2.34. The summed E-state index contributed by atoms with van der Waals surface area (Å²) >= 11 is 1.32. The van der Waals surface area contributed by atoms with E-state index in [-0.39, 0.29) is 5.91 Å². The van der Waals surface area contributed by atoms with Crippen LogP contribution in [0.3, 0.4) is 0 Å². The smallest absolute Gasteiger partial charge is 0.277 e. The van der Waals surface area contributed by atoms with E-state index in [9.17, 15) is 4.79 Å². The highest BCUT2D eigenvalue weighted by atomic mass is 32.2. The molecule has 5 nitrogen and oxygen atoms in total. The molecule has 0 radical (unpaired) electrons. The molecular formula is C20H21N3O2S. The van der Waals surface area contributed by atoms with E-state index in [1.54, 1.807) is 0 Å². The lowest BCUT2D eigenvalue weighted by molar-refractivity contribution is -0.128. The topological polar surface area (TPSA) is 59.2 Å². The summed E-state index contributed by atoms with van der Waals surface area (Å²) in [4.78, 5) is 14.4. The van der Waals surface area contributed by atoms with Crippen LogP contribution in [0.5, 0.6) is 0 Å². The molecule has 0 aliphatic carbocycles. The predicted molar refractivity (Wildman–Crippen MR) is 103 cm³/mol. The molecule has 1 aliphatic heterocycles. The van der Waals surface area contributed by atoms with Gasteiger partial charge in [0.25, 0.3) is 5.22 Å². The summed E-state index contributed by atoms with van der Waals surface area (Å²) in [6.45, 7) is 1.73. The van der Waals surface area contributed by atoms with Crippen LogP contribution in [0.15, 0.2) is 52.1 Å². The molecule has 3 aromatic rings. The summed E-state index contributed by atoms with van der Waals surface area (Å²) in [7, 11) is 0. The van der Waals surface area contributed by atoms with Gasteiger partial charge in [-0.1, -0.05) is 61.0 Å². The summed E-state index contributed by atoms with van der Waals surface area (Å²) < 4.78 is 5.81. The number of fused-ring (bicyclic) bond motifs is 1. The summed E-state index contributed by atoms with van der Waals surface area (Å²) in [6, 6.07) is 14.1. The van der Waals surface area contributed by atoms with Gasteiger partial charge in [-0.05, 0) is 29.7 Å². The summed E-state index contributed by atoms with van der Waals surface area (Å²) in [5, 5.41) is 10.9. The highest BCUT2D eigenvalue weighted by Crippen LogP contribution is 2.29. The Morgan fingerprint density at radius 3 is 2.62 bits per heavy atom. The minimum atomic E-state index is 0.154. The fraction of sp³-hybridized carbons (Fsp3) is 0.350. The van der Waals surface area contributed by atoms with Crippen molar-refractivity contribution in [2.45, 2.75) is 30.9 Å². The fourth-order valence-corrected chi connectivity index (χ4v) is 3.99. The van der Waals surface area contributed by atoms with Gasteiger partial charge in [0.05, 0.1) is 5.75 Å². The van der Waals surface area contributed by atoms with E-state index in [2.05, 4.69) is 22.3 Å². The first-order valence-corrected chi connectivity index (χ1v) is 10.0. The molecule has 1 amide bonds.